The Hall–Kier alpha value is -2.19. The quantitative estimate of drug-likeness (QED) is 0.845. The average Bonchev–Trinajstić information content (AvgIpc) is 2.69. The number of amides is 2. The van der Waals surface area contributed by atoms with Crippen LogP contribution in [0.3, 0.4) is 0 Å². The lowest BCUT2D eigenvalue weighted by Crippen LogP contribution is -2.48. The van der Waals surface area contributed by atoms with E-state index in [0.29, 0.717) is 42.6 Å². The van der Waals surface area contributed by atoms with Crippen molar-refractivity contribution in [1.82, 2.24) is 9.88 Å². The van der Waals surface area contributed by atoms with Crippen LogP contribution in [0.25, 0.3) is 0 Å². The second-order valence-corrected chi connectivity index (χ2v) is 7.97. The van der Waals surface area contributed by atoms with Crippen LogP contribution in [0.15, 0.2) is 12.3 Å². The van der Waals surface area contributed by atoms with E-state index < -0.39 is 0 Å². The van der Waals surface area contributed by atoms with Crippen LogP contribution in [0, 0.1) is 5.92 Å². The molecule has 8 nitrogen and oxygen atoms in total. The number of pyridine rings is 1. The fraction of sp³-hybridized carbons (Fsp3) is 0.650. The van der Waals surface area contributed by atoms with E-state index in [-0.39, 0.29) is 30.6 Å². The largest absolute Gasteiger partial charge is 0.381 e. The number of nitrogens with zero attached hydrogens (tertiary/aromatic N) is 3. The van der Waals surface area contributed by atoms with Crippen LogP contribution in [0.1, 0.15) is 37.0 Å². The smallest absolute Gasteiger partial charge is 0.255 e. The number of fused-ring (bicyclic) bond motifs is 1. The Balaban J connectivity index is 1.56. The summed E-state index contributed by atoms with van der Waals surface area (Å²) in [7, 11) is 0. The first-order valence-corrected chi connectivity index (χ1v) is 10.1. The first-order valence-electron chi connectivity index (χ1n) is 10.1. The number of nitrogens with one attached hydrogen (secondary N) is 1. The van der Waals surface area contributed by atoms with Crippen molar-refractivity contribution in [1.29, 1.82) is 0 Å². The standard InChI is InChI=1S/C20H28N4O4/c1-13-10-23(11-14(2)28-13)20(26)16-7-17-19(21-8-16)22-9-18(25)24(17)12-15-3-5-27-6-4-15/h7-8,13-15H,3-6,9-12H2,1-2H3,(H,21,22)/t13-,14+. The zero-order valence-electron chi connectivity index (χ0n) is 16.5. The van der Waals surface area contributed by atoms with Gasteiger partial charge < -0.3 is 24.6 Å². The van der Waals surface area contributed by atoms with Gasteiger partial charge in [0.15, 0.2) is 0 Å². The van der Waals surface area contributed by atoms with Crippen LogP contribution in [0.4, 0.5) is 11.5 Å². The molecule has 3 aliphatic heterocycles. The average molecular weight is 388 g/mol. The normalized spacial score (nSPS) is 26.0. The molecule has 1 aromatic rings. The Morgan fingerprint density at radius 1 is 1.25 bits per heavy atom. The van der Waals surface area contributed by atoms with E-state index in [4.69, 9.17) is 9.47 Å². The topological polar surface area (TPSA) is 84.0 Å². The third-order valence-corrected chi connectivity index (χ3v) is 5.60. The van der Waals surface area contributed by atoms with Crippen molar-refractivity contribution in [2.24, 2.45) is 5.92 Å². The molecule has 0 aromatic carbocycles. The minimum atomic E-state index is -0.0682. The molecule has 0 aliphatic carbocycles. The summed E-state index contributed by atoms with van der Waals surface area (Å²) in [5.41, 5.74) is 1.21. The number of aromatic nitrogens is 1. The summed E-state index contributed by atoms with van der Waals surface area (Å²) in [6.07, 6.45) is 3.50. The highest BCUT2D eigenvalue weighted by Crippen LogP contribution is 2.31. The van der Waals surface area contributed by atoms with E-state index in [1.165, 1.54) is 0 Å². The van der Waals surface area contributed by atoms with Gasteiger partial charge in [-0.2, -0.15) is 0 Å². The van der Waals surface area contributed by atoms with Gasteiger partial charge in [0.05, 0.1) is 30.0 Å². The van der Waals surface area contributed by atoms with Gasteiger partial charge >= 0.3 is 0 Å². The third kappa shape index (κ3) is 3.98. The first-order chi connectivity index (χ1) is 13.5. The molecule has 8 heteroatoms. The Kier molecular flexibility index (Phi) is 5.50. The zero-order valence-corrected chi connectivity index (χ0v) is 16.5. The number of hydrogen-bond acceptors (Lipinski definition) is 6. The van der Waals surface area contributed by atoms with Crippen molar-refractivity contribution in [3.63, 3.8) is 0 Å². The molecule has 0 spiro atoms. The molecule has 3 aliphatic rings. The second kappa shape index (κ2) is 8.05. The van der Waals surface area contributed by atoms with Gasteiger partial charge in [-0.1, -0.05) is 0 Å². The number of rotatable bonds is 3. The highest BCUT2D eigenvalue weighted by atomic mass is 16.5. The number of anilines is 2. The van der Waals surface area contributed by atoms with Crippen molar-refractivity contribution >= 4 is 23.3 Å². The predicted octanol–water partition coefficient (Wildman–Crippen LogP) is 1.52. The lowest BCUT2D eigenvalue weighted by molar-refractivity contribution is -0.117. The van der Waals surface area contributed by atoms with E-state index in [1.54, 1.807) is 17.2 Å². The summed E-state index contributed by atoms with van der Waals surface area (Å²) in [5.74, 6) is 1.01. The lowest BCUT2D eigenvalue weighted by Gasteiger charge is -2.36. The molecular formula is C20H28N4O4. The van der Waals surface area contributed by atoms with Crippen molar-refractivity contribution in [2.45, 2.75) is 38.9 Å². The third-order valence-electron chi connectivity index (χ3n) is 5.60. The molecule has 4 heterocycles. The molecule has 28 heavy (non-hydrogen) atoms. The number of ether oxygens (including phenoxy) is 2. The molecule has 4 rings (SSSR count). The van der Waals surface area contributed by atoms with Gasteiger partial charge in [0.2, 0.25) is 5.91 Å². The molecule has 1 aromatic heterocycles. The van der Waals surface area contributed by atoms with Crippen molar-refractivity contribution in [2.75, 3.05) is 49.6 Å². The molecular weight excluding hydrogens is 360 g/mol. The first kappa shape index (κ1) is 19.1. The molecule has 152 valence electrons. The summed E-state index contributed by atoms with van der Waals surface area (Å²) < 4.78 is 11.2. The molecule has 0 saturated carbocycles. The van der Waals surface area contributed by atoms with Crippen LogP contribution in [0.2, 0.25) is 0 Å². The molecule has 0 bridgehead atoms. The number of morpholine rings is 1. The summed E-state index contributed by atoms with van der Waals surface area (Å²) in [4.78, 5) is 33.7. The maximum Gasteiger partial charge on any atom is 0.255 e. The maximum absolute atomic E-state index is 13.0. The van der Waals surface area contributed by atoms with Crippen molar-refractivity contribution in [3.05, 3.63) is 17.8 Å². The molecule has 2 atom stereocenters. The number of carbonyl (C=O) groups excluding carboxylic acids is 2. The Bertz CT molecular complexity index is 740. The minimum Gasteiger partial charge on any atom is -0.381 e. The maximum atomic E-state index is 13.0. The SMILES string of the molecule is C[C@@H]1CN(C(=O)c2cnc3c(c2)N(CC2CCOCC2)C(=O)CN3)C[C@H](C)O1. The second-order valence-electron chi connectivity index (χ2n) is 7.97. The Morgan fingerprint density at radius 3 is 2.68 bits per heavy atom. The highest BCUT2D eigenvalue weighted by Gasteiger charge is 2.31. The Labute approximate surface area is 165 Å². The molecule has 0 radical (unpaired) electrons. The van der Waals surface area contributed by atoms with E-state index in [2.05, 4.69) is 10.3 Å². The predicted molar refractivity (Wildman–Crippen MR) is 105 cm³/mol. The van der Waals surface area contributed by atoms with Gasteiger partial charge in [0, 0.05) is 39.0 Å². The van der Waals surface area contributed by atoms with Crippen LogP contribution < -0.4 is 10.2 Å². The van der Waals surface area contributed by atoms with Gasteiger partial charge in [0.1, 0.15) is 5.82 Å². The van der Waals surface area contributed by atoms with Crippen LogP contribution in [-0.4, -0.2) is 73.3 Å². The highest BCUT2D eigenvalue weighted by molar-refractivity contribution is 6.04. The monoisotopic (exact) mass is 388 g/mol. The summed E-state index contributed by atoms with van der Waals surface area (Å²) in [6, 6.07) is 1.80. The summed E-state index contributed by atoms with van der Waals surface area (Å²) >= 11 is 0. The van der Waals surface area contributed by atoms with Crippen molar-refractivity contribution in [3.8, 4) is 0 Å². The lowest BCUT2D eigenvalue weighted by atomic mass is 9.99. The molecule has 2 fully saturated rings. The summed E-state index contributed by atoms with van der Waals surface area (Å²) in [5, 5.41) is 3.07. The number of carbonyl (C=O) groups is 2. The summed E-state index contributed by atoms with van der Waals surface area (Å²) in [6.45, 7) is 7.41. The van der Waals surface area contributed by atoms with E-state index in [0.717, 1.165) is 26.1 Å². The zero-order chi connectivity index (χ0) is 19.7. The van der Waals surface area contributed by atoms with Gasteiger partial charge in [-0.15, -0.1) is 0 Å². The fourth-order valence-corrected chi connectivity index (χ4v) is 4.21. The van der Waals surface area contributed by atoms with E-state index in [1.807, 2.05) is 18.7 Å². The Morgan fingerprint density at radius 2 is 1.96 bits per heavy atom. The number of hydrogen-bond donors (Lipinski definition) is 1. The van der Waals surface area contributed by atoms with Crippen LogP contribution in [-0.2, 0) is 14.3 Å². The van der Waals surface area contributed by atoms with Gasteiger partial charge in [-0.05, 0) is 38.7 Å². The van der Waals surface area contributed by atoms with Crippen LogP contribution in [0.5, 0.6) is 0 Å². The van der Waals surface area contributed by atoms with Gasteiger partial charge in [0.25, 0.3) is 5.91 Å². The molecule has 1 N–H and O–H groups in total. The molecule has 2 amide bonds. The minimum absolute atomic E-state index is 0.00606. The van der Waals surface area contributed by atoms with Gasteiger partial charge in [-0.3, -0.25) is 9.59 Å². The van der Waals surface area contributed by atoms with Crippen LogP contribution >= 0.6 is 0 Å². The van der Waals surface area contributed by atoms with E-state index in [9.17, 15) is 9.59 Å². The van der Waals surface area contributed by atoms with Gasteiger partial charge in [-0.25, -0.2) is 4.98 Å². The van der Waals surface area contributed by atoms with E-state index >= 15 is 0 Å². The fourth-order valence-electron chi connectivity index (χ4n) is 4.21. The van der Waals surface area contributed by atoms with Crippen molar-refractivity contribution < 1.29 is 19.1 Å². The molecule has 0 unspecified atom stereocenters. The molecule has 2 saturated heterocycles.